The molecule has 3 rings (SSSR count). The summed E-state index contributed by atoms with van der Waals surface area (Å²) in [6.45, 7) is 1.33. The van der Waals surface area contributed by atoms with Crippen molar-refractivity contribution >= 4 is 11.8 Å². The van der Waals surface area contributed by atoms with Gasteiger partial charge in [-0.1, -0.05) is 6.07 Å². The fraction of sp³-hybridized carbons (Fsp3) is 0.263. The summed E-state index contributed by atoms with van der Waals surface area (Å²) in [5.41, 5.74) is 0.582. The van der Waals surface area contributed by atoms with Crippen LogP contribution in [0.1, 0.15) is 22.3 Å². The third-order valence-electron chi connectivity index (χ3n) is 3.91. The zero-order valence-corrected chi connectivity index (χ0v) is 14.4. The molecule has 0 fully saturated rings. The largest absolute Gasteiger partial charge is 0.486 e. The maximum Gasteiger partial charge on any atom is 0.254 e. The normalized spacial score (nSPS) is 12.4. The van der Waals surface area contributed by atoms with Crippen LogP contribution in [0.15, 0.2) is 36.4 Å². The summed E-state index contributed by atoms with van der Waals surface area (Å²) in [4.78, 5) is 23.7. The highest BCUT2D eigenvalue weighted by molar-refractivity contribution is 5.94. The molecule has 6 nitrogen and oxygen atoms in total. The van der Waals surface area contributed by atoms with Crippen molar-refractivity contribution in [2.24, 2.45) is 0 Å². The molecule has 2 aromatic rings. The van der Waals surface area contributed by atoms with E-state index in [-0.39, 0.29) is 24.4 Å². The molecule has 1 heterocycles. The van der Waals surface area contributed by atoms with E-state index in [0.29, 0.717) is 37.3 Å². The highest BCUT2D eigenvalue weighted by atomic mass is 19.1. The zero-order chi connectivity index (χ0) is 19.2. The zero-order valence-electron chi connectivity index (χ0n) is 14.4. The lowest BCUT2D eigenvalue weighted by atomic mass is 10.2. The molecule has 142 valence electrons. The molecule has 0 unspecified atom stereocenters. The van der Waals surface area contributed by atoms with Crippen LogP contribution in [0.4, 0.5) is 8.78 Å². The molecule has 0 bridgehead atoms. The topological polar surface area (TPSA) is 76.7 Å². The second-order valence-corrected chi connectivity index (χ2v) is 5.88. The van der Waals surface area contributed by atoms with Gasteiger partial charge in [0.25, 0.3) is 5.91 Å². The molecule has 27 heavy (non-hydrogen) atoms. The van der Waals surface area contributed by atoms with E-state index in [1.165, 1.54) is 0 Å². The van der Waals surface area contributed by atoms with Gasteiger partial charge in [0.15, 0.2) is 11.5 Å². The Balaban J connectivity index is 1.42. The van der Waals surface area contributed by atoms with Gasteiger partial charge in [-0.3, -0.25) is 9.59 Å². The van der Waals surface area contributed by atoms with Gasteiger partial charge in [0, 0.05) is 25.6 Å². The van der Waals surface area contributed by atoms with Crippen LogP contribution in [0.5, 0.6) is 11.5 Å². The molecule has 0 radical (unpaired) electrons. The summed E-state index contributed by atoms with van der Waals surface area (Å²) >= 11 is 0. The number of fused-ring (bicyclic) bond motifs is 1. The predicted molar refractivity (Wildman–Crippen MR) is 92.6 cm³/mol. The van der Waals surface area contributed by atoms with Gasteiger partial charge in [-0.15, -0.1) is 0 Å². The minimum absolute atomic E-state index is 0.0269. The number of halogens is 2. The minimum Gasteiger partial charge on any atom is -0.486 e. The van der Waals surface area contributed by atoms with E-state index >= 15 is 0 Å². The number of nitrogens with one attached hydrogen (secondary N) is 2. The lowest BCUT2D eigenvalue weighted by Gasteiger charge is -2.19. The summed E-state index contributed by atoms with van der Waals surface area (Å²) in [5, 5.41) is 5.16. The van der Waals surface area contributed by atoms with Crippen molar-refractivity contribution in [1.82, 2.24) is 10.6 Å². The summed E-state index contributed by atoms with van der Waals surface area (Å²) in [6.07, 6.45) is 0.0269. The molecule has 0 saturated heterocycles. The summed E-state index contributed by atoms with van der Waals surface area (Å²) < 4.78 is 37.3. The first-order valence-electron chi connectivity index (χ1n) is 8.41. The Bertz CT molecular complexity index is 858. The van der Waals surface area contributed by atoms with Crippen molar-refractivity contribution in [3.63, 3.8) is 0 Å². The molecule has 0 atom stereocenters. The van der Waals surface area contributed by atoms with Gasteiger partial charge >= 0.3 is 0 Å². The third kappa shape index (κ3) is 4.93. The highest BCUT2D eigenvalue weighted by Crippen LogP contribution is 2.30. The number of rotatable bonds is 6. The molecular formula is C19H18F2N2O4. The Hall–Kier alpha value is -3.16. The SMILES string of the molecule is O=C(CCNC(=O)c1ccc(F)cc1F)NCc1ccc2c(c1)OCCO2. The van der Waals surface area contributed by atoms with E-state index in [1.54, 1.807) is 12.1 Å². The van der Waals surface area contributed by atoms with E-state index < -0.39 is 17.5 Å². The van der Waals surface area contributed by atoms with Crippen LogP contribution in [0.2, 0.25) is 0 Å². The number of carbonyl (C=O) groups is 2. The fourth-order valence-electron chi connectivity index (χ4n) is 2.55. The van der Waals surface area contributed by atoms with E-state index in [4.69, 9.17) is 9.47 Å². The van der Waals surface area contributed by atoms with Crippen molar-refractivity contribution in [1.29, 1.82) is 0 Å². The maximum absolute atomic E-state index is 13.5. The van der Waals surface area contributed by atoms with Crippen LogP contribution in [0, 0.1) is 11.6 Å². The van der Waals surface area contributed by atoms with Gasteiger partial charge in [-0.05, 0) is 29.8 Å². The molecule has 2 aromatic carbocycles. The number of ether oxygens (including phenoxy) is 2. The number of hydrogen-bond acceptors (Lipinski definition) is 4. The van der Waals surface area contributed by atoms with Crippen LogP contribution in [0.3, 0.4) is 0 Å². The first-order chi connectivity index (χ1) is 13.0. The Morgan fingerprint density at radius 1 is 0.963 bits per heavy atom. The summed E-state index contributed by atoms with van der Waals surface area (Å²) in [5.74, 6) is -1.37. The van der Waals surface area contributed by atoms with Gasteiger partial charge < -0.3 is 20.1 Å². The number of carbonyl (C=O) groups excluding carboxylic acids is 2. The second-order valence-electron chi connectivity index (χ2n) is 5.88. The van der Waals surface area contributed by atoms with Crippen molar-refractivity contribution in [3.8, 4) is 11.5 Å². The van der Waals surface area contributed by atoms with Gasteiger partial charge in [-0.25, -0.2) is 8.78 Å². The molecule has 1 aliphatic rings. The molecule has 2 amide bonds. The maximum atomic E-state index is 13.5. The van der Waals surface area contributed by atoms with Crippen molar-refractivity contribution < 1.29 is 27.8 Å². The molecule has 0 aromatic heterocycles. The Morgan fingerprint density at radius 2 is 1.74 bits per heavy atom. The molecular weight excluding hydrogens is 358 g/mol. The monoisotopic (exact) mass is 376 g/mol. The molecule has 8 heteroatoms. The molecule has 0 aliphatic carbocycles. The molecule has 2 N–H and O–H groups in total. The smallest absolute Gasteiger partial charge is 0.254 e. The van der Waals surface area contributed by atoms with E-state index in [1.807, 2.05) is 6.07 Å². The van der Waals surface area contributed by atoms with Crippen molar-refractivity contribution in [2.75, 3.05) is 19.8 Å². The van der Waals surface area contributed by atoms with Gasteiger partial charge in [0.1, 0.15) is 24.8 Å². The molecule has 0 saturated carbocycles. The average molecular weight is 376 g/mol. The summed E-state index contributed by atoms with van der Waals surface area (Å²) in [7, 11) is 0. The number of amides is 2. The van der Waals surface area contributed by atoms with Gasteiger partial charge in [0.2, 0.25) is 5.91 Å². The van der Waals surface area contributed by atoms with Crippen LogP contribution in [-0.4, -0.2) is 31.6 Å². The molecule has 0 spiro atoms. The first-order valence-corrected chi connectivity index (χ1v) is 8.41. The third-order valence-corrected chi connectivity index (χ3v) is 3.91. The van der Waals surface area contributed by atoms with Gasteiger partial charge in [-0.2, -0.15) is 0 Å². The Kier molecular flexibility index (Phi) is 5.85. The van der Waals surface area contributed by atoms with E-state index in [0.717, 1.165) is 17.7 Å². The van der Waals surface area contributed by atoms with Crippen LogP contribution in [0.25, 0.3) is 0 Å². The fourth-order valence-corrected chi connectivity index (χ4v) is 2.55. The average Bonchev–Trinajstić information content (AvgIpc) is 2.66. The summed E-state index contributed by atoms with van der Waals surface area (Å²) in [6, 6.07) is 8.10. The minimum atomic E-state index is -0.949. The Morgan fingerprint density at radius 3 is 2.52 bits per heavy atom. The van der Waals surface area contributed by atoms with E-state index in [2.05, 4.69) is 10.6 Å². The number of hydrogen-bond donors (Lipinski definition) is 2. The van der Waals surface area contributed by atoms with Crippen molar-refractivity contribution in [3.05, 3.63) is 59.2 Å². The van der Waals surface area contributed by atoms with Gasteiger partial charge in [0.05, 0.1) is 5.56 Å². The van der Waals surface area contributed by atoms with E-state index in [9.17, 15) is 18.4 Å². The lowest BCUT2D eigenvalue weighted by molar-refractivity contribution is -0.121. The lowest BCUT2D eigenvalue weighted by Crippen LogP contribution is -2.31. The van der Waals surface area contributed by atoms with Crippen molar-refractivity contribution in [2.45, 2.75) is 13.0 Å². The Labute approximate surface area is 154 Å². The van der Waals surface area contributed by atoms with Crippen LogP contribution in [-0.2, 0) is 11.3 Å². The predicted octanol–water partition coefficient (Wildman–Crippen LogP) is 2.17. The first kappa shape index (κ1) is 18.6. The highest BCUT2D eigenvalue weighted by Gasteiger charge is 2.14. The molecule has 1 aliphatic heterocycles. The van der Waals surface area contributed by atoms with Crippen LogP contribution < -0.4 is 20.1 Å². The second kappa shape index (κ2) is 8.48. The van der Waals surface area contributed by atoms with Crippen LogP contribution >= 0.6 is 0 Å². The standard InChI is InChI=1S/C19H18F2N2O4/c20-13-2-3-14(15(21)10-13)19(25)22-6-5-18(24)23-11-12-1-4-16-17(9-12)27-8-7-26-16/h1-4,9-10H,5-8,11H2,(H,22,25)(H,23,24). The number of benzene rings is 2. The quantitative estimate of drug-likeness (QED) is 0.810.